The lowest BCUT2D eigenvalue weighted by Crippen LogP contribution is -2.13. The Hall–Kier alpha value is -1.88. The van der Waals surface area contributed by atoms with Gasteiger partial charge in [-0.1, -0.05) is 36.3 Å². The molecule has 5 heteroatoms. The van der Waals surface area contributed by atoms with Gasteiger partial charge in [0.15, 0.2) is 0 Å². The van der Waals surface area contributed by atoms with Crippen LogP contribution in [0, 0.1) is 6.92 Å². The van der Waals surface area contributed by atoms with Gasteiger partial charge in [-0.05, 0) is 25.5 Å². The van der Waals surface area contributed by atoms with Gasteiger partial charge in [0.25, 0.3) is 0 Å². The van der Waals surface area contributed by atoms with Gasteiger partial charge in [0.1, 0.15) is 12.4 Å². The highest BCUT2D eigenvalue weighted by Crippen LogP contribution is 2.12. The van der Waals surface area contributed by atoms with Crippen LogP contribution in [0.1, 0.15) is 30.3 Å². The third kappa shape index (κ3) is 3.57. The maximum absolute atomic E-state index is 5.72. The van der Waals surface area contributed by atoms with Crippen LogP contribution in [-0.4, -0.2) is 21.6 Å². The van der Waals surface area contributed by atoms with Crippen LogP contribution >= 0.6 is 0 Å². The highest BCUT2D eigenvalue weighted by atomic mass is 16.5. The molecule has 1 heterocycles. The van der Waals surface area contributed by atoms with E-state index in [0.717, 1.165) is 30.0 Å². The van der Waals surface area contributed by atoms with Crippen molar-refractivity contribution in [2.75, 3.05) is 6.61 Å². The summed E-state index contributed by atoms with van der Waals surface area (Å²) in [5, 5.41) is 8.28. The van der Waals surface area contributed by atoms with E-state index in [2.05, 4.69) is 24.2 Å². The molecule has 2 N–H and O–H groups in total. The molecule has 2 aromatic rings. The summed E-state index contributed by atoms with van der Waals surface area (Å²) in [5.41, 5.74) is 8.93. The Balaban J connectivity index is 1.93. The summed E-state index contributed by atoms with van der Waals surface area (Å²) >= 11 is 0. The highest BCUT2D eigenvalue weighted by molar-refractivity contribution is 5.26. The van der Waals surface area contributed by atoms with E-state index in [4.69, 9.17) is 10.5 Å². The standard InChI is InChI=1S/C15H22N4O/c1-3-4-15-14(11-16)17-18-19(15)9-10-20-13-7-5-12(2)6-8-13/h5-8H,3-4,9-11,16H2,1-2H3. The van der Waals surface area contributed by atoms with Gasteiger partial charge in [0.05, 0.1) is 17.9 Å². The fraction of sp³-hybridized carbons (Fsp3) is 0.467. The Kier molecular flexibility index (Phi) is 5.12. The highest BCUT2D eigenvalue weighted by Gasteiger charge is 2.10. The summed E-state index contributed by atoms with van der Waals surface area (Å²) in [6.45, 7) is 5.91. The van der Waals surface area contributed by atoms with Crippen LogP contribution in [0.2, 0.25) is 0 Å². The molecule has 20 heavy (non-hydrogen) atoms. The summed E-state index contributed by atoms with van der Waals surface area (Å²) in [6.07, 6.45) is 2.00. The van der Waals surface area contributed by atoms with Gasteiger partial charge in [-0.15, -0.1) is 5.10 Å². The first-order chi connectivity index (χ1) is 9.74. The number of aryl methyl sites for hydroxylation is 1. The number of aromatic nitrogens is 3. The van der Waals surface area contributed by atoms with Crippen LogP contribution in [0.15, 0.2) is 24.3 Å². The minimum Gasteiger partial charge on any atom is -0.492 e. The van der Waals surface area contributed by atoms with E-state index in [1.165, 1.54) is 5.56 Å². The second-order valence-corrected chi connectivity index (χ2v) is 4.82. The topological polar surface area (TPSA) is 66.0 Å². The summed E-state index contributed by atoms with van der Waals surface area (Å²) < 4.78 is 7.62. The molecule has 2 rings (SSSR count). The van der Waals surface area contributed by atoms with Crippen molar-refractivity contribution in [3.05, 3.63) is 41.2 Å². The fourth-order valence-electron chi connectivity index (χ4n) is 2.10. The van der Waals surface area contributed by atoms with Crippen LogP contribution in [0.4, 0.5) is 0 Å². The third-order valence-electron chi connectivity index (χ3n) is 3.19. The van der Waals surface area contributed by atoms with E-state index >= 15 is 0 Å². The molecule has 0 atom stereocenters. The zero-order chi connectivity index (χ0) is 14.4. The molecule has 1 aromatic carbocycles. The Morgan fingerprint density at radius 2 is 2.00 bits per heavy atom. The molecule has 0 bridgehead atoms. The first-order valence-electron chi connectivity index (χ1n) is 7.05. The monoisotopic (exact) mass is 274 g/mol. The lowest BCUT2D eigenvalue weighted by atomic mass is 10.2. The van der Waals surface area contributed by atoms with E-state index in [9.17, 15) is 0 Å². The smallest absolute Gasteiger partial charge is 0.119 e. The first kappa shape index (κ1) is 14.5. The van der Waals surface area contributed by atoms with Crippen molar-refractivity contribution >= 4 is 0 Å². The SMILES string of the molecule is CCCc1c(CN)nnn1CCOc1ccc(C)cc1. The van der Waals surface area contributed by atoms with Gasteiger partial charge in [0, 0.05) is 6.54 Å². The Morgan fingerprint density at radius 3 is 2.65 bits per heavy atom. The molecule has 5 nitrogen and oxygen atoms in total. The second-order valence-electron chi connectivity index (χ2n) is 4.82. The molecule has 0 saturated heterocycles. The van der Waals surface area contributed by atoms with Crippen LogP contribution in [0.3, 0.4) is 0 Å². The average Bonchev–Trinajstić information content (AvgIpc) is 2.84. The van der Waals surface area contributed by atoms with Crippen LogP contribution < -0.4 is 10.5 Å². The maximum atomic E-state index is 5.72. The predicted octanol–water partition coefficient (Wildman–Crippen LogP) is 2.08. The molecule has 108 valence electrons. The molecule has 0 saturated carbocycles. The fourth-order valence-corrected chi connectivity index (χ4v) is 2.10. The van der Waals surface area contributed by atoms with E-state index in [0.29, 0.717) is 19.7 Å². The molecule has 1 aromatic heterocycles. The minimum atomic E-state index is 0.439. The number of rotatable bonds is 7. The van der Waals surface area contributed by atoms with Crippen LogP contribution in [-0.2, 0) is 19.5 Å². The number of benzene rings is 1. The second kappa shape index (κ2) is 7.05. The molecule has 0 aliphatic heterocycles. The van der Waals surface area contributed by atoms with E-state index < -0.39 is 0 Å². The number of nitrogens with zero attached hydrogens (tertiary/aromatic N) is 3. The van der Waals surface area contributed by atoms with Crippen LogP contribution in [0.5, 0.6) is 5.75 Å². The number of hydrogen-bond donors (Lipinski definition) is 1. The van der Waals surface area contributed by atoms with Crippen molar-refractivity contribution in [1.29, 1.82) is 0 Å². The quantitative estimate of drug-likeness (QED) is 0.839. The largest absolute Gasteiger partial charge is 0.492 e. The maximum Gasteiger partial charge on any atom is 0.119 e. The zero-order valence-electron chi connectivity index (χ0n) is 12.2. The lowest BCUT2D eigenvalue weighted by Gasteiger charge is -2.09. The summed E-state index contributed by atoms with van der Waals surface area (Å²) in [5.74, 6) is 0.881. The van der Waals surface area contributed by atoms with Crippen molar-refractivity contribution in [1.82, 2.24) is 15.0 Å². The average molecular weight is 274 g/mol. The molecule has 0 aliphatic rings. The van der Waals surface area contributed by atoms with E-state index in [1.807, 2.05) is 28.9 Å². The molecular weight excluding hydrogens is 252 g/mol. The molecular formula is C15H22N4O. The van der Waals surface area contributed by atoms with E-state index in [1.54, 1.807) is 0 Å². The summed E-state index contributed by atoms with van der Waals surface area (Å²) in [7, 11) is 0. The number of nitrogens with two attached hydrogens (primary N) is 1. The van der Waals surface area contributed by atoms with Gasteiger partial charge in [0.2, 0.25) is 0 Å². The molecule has 0 amide bonds. The molecule has 0 unspecified atom stereocenters. The number of hydrogen-bond acceptors (Lipinski definition) is 4. The Labute approximate surface area is 119 Å². The minimum absolute atomic E-state index is 0.439. The number of ether oxygens (including phenoxy) is 1. The summed E-state index contributed by atoms with van der Waals surface area (Å²) in [4.78, 5) is 0. The normalized spacial score (nSPS) is 10.8. The summed E-state index contributed by atoms with van der Waals surface area (Å²) in [6, 6.07) is 8.05. The van der Waals surface area contributed by atoms with Gasteiger partial charge >= 0.3 is 0 Å². The van der Waals surface area contributed by atoms with E-state index in [-0.39, 0.29) is 0 Å². The van der Waals surface area contributed by atoms with Crippen molar-refractivity contribution in [3.63, 3.8) is 0 Å². The molecule has 0 fully saturated rings. The van der Waals surface area contributed by atoms with Gasteiger partial charge in [-0.25, -0.2) is 4.68 Å². The van der Waals surface area contributed by atoms with Gasteiger partial charge < -0.3 is 10.5 Å². The van der Waals surface area contributed by atoms with Crippen molar-refractivity contribution in [2.45, 2.75) is 39.8 Å². The molecule has 0 spiro atoms. The van der Waals surface area contributed by atoms with Crippen molar-refractivity contribution in [2.24, 2.45) is 5.73 Å². The predicted molar refractivity (Wildman–Crippen MR) is 78.6 cm³/mol. The van der Waals surface area contributed by atoms with Crippen LogP contribution in [0.25, 0.3) is 0 Å². The Morgan fingerprint density at radius 1 is 1.25 bits per heavy atom. The van der Waals surface area contributed by atoms with Gasteiger partial charge in [-0.2, -0.15) is 0 Å². The first-order valence-corrected chi connectivity index (χ1v) is 7.05. The zero-order valence-corrected chi connectivity index (χ0v) is 12.2. The Bertz CT molecular complexity index is 533. The van der Waals surface area contributed by atoms with Crippen molar-refractivity contribution < 1.29 is 4.74 Å². The van der Waals surface area contributed by atoms with Crippen molar-refractivity contribution in [3.8, 4) is 5.75 Å². The molecule has 0 radical (unpaired) electrons. The van der Waals surface area contributed by atoms with Gasteiger partial charge in [-0.3, -0.25) is 0 Å². The third-order valence-corrected chi connectivity index (χ3v) is 3.19. The lowest BCUT2D eigenvalue weighted by molar-refractivity contribution is 0.287. The molecule has 0 aliphatic carbocycles.